The van der Waals surface area contributed by atoms with Crippen molar-refractivity contribution in [2.45, 2.75) is 13.8 Å². The molecule has 0 fully saturated rings. The Kier molecular flexibility index (Phi) is 3.57. The zero-order chi connectivity index (χ0) is 14.0. The van der Waals surface area contributed by atoms with Crippen molar-refractivity contribution in [3.8, 4) is 0 Å². The van der Waals surface area contributed by atoms with E-state index < -0.39 is 5.97 Å². The zero-order valence-corrected chi connectivity index (χ0v) is 11.1. The molecule has 2 aromatic rings. The topological polar surface area (TPSA) is 92.2 Å². The Morgan fingerprint density at radius 3 is 2.53 bits per heavy atom. The molecule has 2 aromatic heterocycles. The molecule has 19 heavy (non-hydrogen) atoms. The van der Waals surface area contributed by atoms with Gasteiger partial charge >= 0.3 is 5.97 Å². The lowest BCUT2D eigenvalue weighted by Gasteiger charge is -2.03. The number of rotatable bonds is 3. The third kappa shape index (κ3) is 2.94. The van der Waals surface area contributed by atoms with E-state index in [-0.39, 0.29) is 11.6 Å². The second kappa shape index (κ2) is 5.15. The average molecular weight is 277 g/mol. The standard InChI is InChI=1S/C12H11N3O3S/c1-6-10(19-7(2)14-6)11(16)15-8-3-4-9(12(17)18)13-5-8/h3-5H,1-2H3,(H,15,16)(H,17,18). The van der Waals surface area contributed by atoms with Gasteiger partial charge < -0.3 is 10.4 Å². The number of carboxylic acid groups (broad SMARTS) is 1. The quantitative estimate of drug-likeness (QED) is 0.896. The van der Waals surface area contributed by atoms with Crippen molar-refractivity contribution in [1.82, 2.24) is 9.97 Å². The van der Waals surface area contributed by atoms with Crippen LogP contribution in [0.15, 0.2) is 18.3 Å². The van der Waals surface area contributed by atoms with Crippen LogP contribution in [0, 0.1) is 13.8 Å². The average Bonchev–Trinajstić information content (AvgIpc) is 2.69. The zero-order valence-electron chi connectivity index (χ0n) is 10.3. The summed E-state index contributed by atoms with van der Waals surface area (Å²) in [4.78, 5) is 31.1. The van der Waals surface area contributed by atoms with Gasteiger partial charge in [0, 0.05) is 0 Å². The normalized spacial score (nSPS) is 10.2. The molecule has 0 aliphatic carbocycles. The lowest BCUT2D eigenvalue weighted by Crippen LogP contribution is -2.12. The number of aryl methyl sites for hydroxylation is 2. The van der Waals surface area contributed by atoms with Crippen molar-refractivity contribution >= 4 is 28.9 Å². The number of anilines is 1. The summed E-state index contributed by atoms with van der Waals surface area (Å²) >= 11 is 1.31. The Morgan fingerprint density at radius 2 is 2.05 bits per heavy atom. The van der Waals surface area contributed by atoms with Crippen LogP contribution in [0.1, 0.15) is 30.9 Å². The Morgan fingerprint density at radius 1 is 1.32 bits per heavy atom. The molecule has 0 spiro atoms. The molecule has 0 unspecified atom stereocenters. The van der Waals surface area contributed by atoms with Crippen LogP contribution in [-0.2, 0) is 0 Å². The molecule has 2 rings (SSSR count). The van der Waals surface area contributed by atoms with E-state index in [0.717, 1.165) is 5.01 Å². The number of hydrogen-bond donors (Lipinski definition) is 2. The highest BCUT2D eigenvalue weighted by atomic mass is 32.1. The maximum Gasteiger partial charge on any atom is 0.354 e. The maximum atomic E-state index is 12.0. The van der Waals surface area contributed by atoms with Crippen LogP contribution in [0.4, 0.5) is 5.69 Å². The third-order valence-corrected chi connectivity index (χ3v) is 3.42. The van der Waals surface area contributed by atoms with Gasteiger partial charge in [-0.25, -0.2) is 14.8 Å². The SMILES string of the molecule is Cc1nc(C)c(C(=O)Nc2ccc(C(=O)O)nc2)s1. The number of hydrogen-bond acceptors (Lipinski definition) is 5. The van der Waals surface area contributed by atoms with E-state index in [9.17, 15) is 9.59 Å². The lowest BCUT2D eigenvalue weighted by molar-refractivity contribution is 0.0690. The molecule has 2 N–H and O–H groups in total. The summed E-state index contributed by atoms with van der Waals surface area (Å²) in [6.07, 6.45) is 1.31. The number of carbonyl (C=O) groups is 2. The first-order valence-electron chi connectivity index (χ1n) is 5.42. The van der Waals surface area contributed by atoms with Crippen LogP contribution in [-0.4, -0.2) is 27.0 Å². The van der Waals surface area contributed by atoms with Crippen LogP contribution in [0.3, 0.4) is 0 Å². The maximum absolute atomic E-state index is 12.0. The summed E-state index contributed by atoms with van der Waals surface area (Å²) in [6, 6.07) is 2.83. The van der Waals surface area contributed by atoms with Gasteiger partial charge in [0.1, 0.15) is 10.6 Å². The molecule has 6 nitrogen and oxygen atoms in total. The fourth-order valence-corrected chi connectivity index (χ4v) is 2.34. The number of aromatic carboxylic acids is 1. The van der Waals surface area contributed by atoms with Crippen molar-refractivity contribution < 1.29 is 14.7 Å². The number of amides is 1. The van der Waals surface area contributed by atoms with E-state index in [1.54, 1.807) is 6.92 Å². The summed E-state index contributed by atoms with van der Waals surface area (Å²) in [5.41, 5.74) is 1.05. The van der Waals surface area contributed by atoms with Gasteiger partial charge in [0.15, 0.2) is 0 Å². The number of nitrogens with one attached hydrogen (secondary N) is 1. The van der Waals surface area contributed by atoms with Gasteiger partial charge in [0.2, 0.25) is 0 Å². The van der Waals surface area contributed by atoms with Crippen LogP contribution in [0.5, 0.6) is 0 Å². The van der Waals surface area contributed by atoms with Crippen LogP contribution >= 0.6 is 11.3 Å². The van der Waals surface area contributed by atoms with E-state index in [2.05, 4.69) is 15.3 Å². The molecular formula is C12H11N3O3S. The Labute approximate surface area is 113 Å². The minimum absolute atomic E-state index is 0.0668. The molecule has 0 atom stereocenters. The molecule has 98 valence electrons. The van der Waals surface area contributed by atoms with Gasteiger partial charge in [0.25, 0.3) is 5.91 Å². The Hall–Kier alpha value is -2.28. The van der Waals surface area contributed by atoms with Crippen molar-refractivity contribution in [3.63, 3.8) is 0 Å². The van der Waals surface area contributed by atoms with Crippen molar-refractivity contribution in [2.24, 2.45) is 0 Å². The molecular weight excluding hydrogens is 266 g/mol. The molecule has 0 radical (unpaired) electrons. The summed E-state index contributed by atoms with van der Waals surface area (Å²) in [5, 5.41) is 12.2. The molecule has 0 bridgehead atoms. The van der Waals surface area contributed by atoms with Gasteiger partial charge in [-0.1, -0.05) is 0 Å². The first-order chi connectivity index (χ1) is 8.97. The smallest absolute Gasteiger partial charge is 0.354 e. The molecule has 1 amide bonds. The molecule has 0 aliphatic heterocycles. The highest BCUT2D eigenvalue weighted by molar-refractivity contribution is 7.13. The van der Waals surface area contributed by atoms with Gasteiger partial charge in [-0.15, -0.1) is 11.3 Å². The molecule has 0 aromatic carbocycles. The van der Waals surface area contributed by atoms with E-state index >= 15 is 0 Å². The van der Waals surface area contributed by atoms with Gasteiger partial charge in [0.05, 0.1) is 22.6 Å². The van der Waals surface area contributed by atoms with Gasteiger partial charge in [-0.2, -0.15) is 0 Å². The van der Waals surface area contributed by atoms with E-state index in [4.69, 9.17) is 5.11 Å². The third-order valence-electron chi connectivity index (χ3n) is 2.35. The lowest BCUT2D eigenvalue weighted by atomic mass is 10.3. The highest BCUT2D eigenvalue weighted by Gasteiger charge is 2.14. The second-order valence-corrected chi connectivity index (χ2v) is 5.04. The van der Waals surface area contributed by atoms with Gasteiger partial charge in [-0.3, -0.25) is 4.79 Å². The molecule has 2 heterocycles. The van der Waals surface area contributed by atoms with Gasteiger partial charge in [-0.05, 0) is 26.0 Å². The Bertz CT molecular complexity index is 634. The fraction of sp³-hybridized carbons (Fsp3) is 0.167. The molecule has 0 aliphatic rings. The number of carboxylic acids is 1. The fourth-order valence-electron chi connectivity index (χ4n) is 1.52. The minimum atomic E-state index is -1.10. The van der Waals surface area contributed by atoms with E-state index in [0.29, 0.717) is 16.3 Å². The van der Waals surface area contributed by atoms with Crippen LogP contribution in [0.2, 0.25) is 0 Å². The van der Waals surface area contributed by atoms with Crippen LogP contribution < -0.4 is 5.32 Å². The van der Waals surface area contributed by atoms with Crippen molar-refractivity contribution in [1.29, 1.82) is 0 Å². The van der Waals surface area contributed by atoms with Crippen LogP contribution in [0.25, 0.3) is 0 Å². The predicted octanol–water partition coefficient (Wildman–Crippen LogP) is 2.11. The van der Waals surface area contributed by atoms with Crippen molar-refractivity contribution in [2.75, 3.05) is 5.32 Å². The molecule has 0 saturated heterocycles. The minimum Gasteiger partial charge on any atom is -0.477 e. The summed E-state index contributed by atoms with van der Waals surface area (Å²) in [6.45, 7) is 3.60. The molecule has 7 heteroatoms. The number of thiazole rings is 1. The summed E-state index contributed by atoms with van der Waals surface area (Å²) < 4.78 is 0. The Balaban J connectivity index is 2.15. The summed E-state index contributed by atoms with van der Waals surface area (Å²) in [7, 11) is 0. The molecule has 0 saturated carbocycles. The number of carbonyl (C=O) groups excluding carboxylic acids is 1. The number of pyridine rings is 1. The highest BCUT2D eigenvalue weighted by Crippen LogP contribution is 2.18. The van der Waals surface area contributed by atoms with E-state index in [1.165, 1.54) is 29.7 Å². The number of nitrogens with zero attached hydrogens (tertiary/aromatic N) is 2. The van der Waals surface area contributed by atoms with E-state index in [1.807, 2.05) is 6.92 Å². The van der Waals surface area contributed by atoms with Crippen molar-refractivity contribution in [3.05, 3.63) is 39.6 Å². The monoisotopic (exact) mass is 277 g/mol. The number of aromatic nitrogens is 2. The first kappa shape index (κ1) is 13.2. The largest absolute Gasteiger partial charge is 0.477 e. The second-order valence-electron chi connectivity index (χ2n) is 3.84. The summed E-state index contributed by atoms with van der Waals surface area (Å²) in [5.74, 6) is -1.38. The first-order valence-corrected chi connectivity index (χ1v) is 6.23. The predicted molar refractivity (Wildman–Crippen MR) is 70.7 cm³/mol.